The molecule has 0 radical (unpaired) electrons. The van der Waals surface area contributed by atoms with E-state index >= 15 is 0 Å². The standard InChI is InChI=1S/C11H14O4/c12-10(13)11(3-1-4-15-8-11)6-9-2-5-14-7-9/h2,5,7H,1,3-4,6,8H2,(H,12,13). The molecule has 0 amide bonds. The Hall–Kier alpha value is -1.29. The minimum absolute atomic E-state index is 0.299. The summed E-state index contributed by atoms with van der Waals surface area (Å²) in [6.07, 6.45) is 5.13. The quantitative estimate of drug-likeness (QED) is 0.824. The van der Waals surface area contributed by atoms with Crippen LogP contribution in [0.3, 0.4) is 0 Å². The molecule has 1 unspecified atom stereocenters. The molecule has 1 aliphatic rings. The molecule has 1 aromatic heterocycles. The zero-order valence-electron chi connectivity index (χ0n) is 8.44. The van der Waals surface area contributed by atoms with E-state index in [9.17, 15) is 9.90 Å². The Kier molecular flexibility index (Phi) is 2.77. The Balaban J connectivity index is 2.15. The van der Waals surface area contributed by atoms with Gasteiger partial charge in [0, 0.05) is 6.61 Å². The molecule has 15 heavy (non-hydrogen) atoms. The highest BCUT2D eigenvalue weighted by atomic mass is 16.5. The fraction of sp³-hybridized carbons (Fsp3) is 0.545. The van der Waals surface area contributed by atoms with Gasteiger partial charge >= 0.3 is 5.97 Å². The van der Waals surface area contributed by atoms with Crippen molar-refractivity contribution >= 4 is 5.97 Å². The Bertz CT molecular complexity index is 322. The lowest BCUT2D eigenvalue weighted by molar-refractivity contribution is -0.157. The van der Waals surface area contributed by atoms with Gasteiger partial charge in [-0.05, 0) is 30.9 Å². The van der Waals surface area contributed by atoms with Crippen LogP contribution >= 0.6 is 0 Å². The SMILES string of the molecule is O=C(O)C1(Cc2ccoc2)CCCOC1. The Morgan fingerprint density at radius 1 is 1.60 bits per heavy atom. The molecule has 82 valence electrons. The van der Waals surface area contributed by atoms with E-state index in [-0.39, 0.29) is 0 Å². The van der Waals surface area contributed by atoms with E-state index in [4.69, 9.17) is 9.15 Å². The summed E-state index contributed by atoms with van der Waals surface area (Å²) in [5.41, 5.74) is 0.158. The molecule has 4 heteroatoms. The zero-order chi connectivity index (χ0) is 10.7. The summed E-state index contributed by atoms with van der Waals surface area (Å²) in [6.45, 7) is 0.966. The third-order valence-corrected chi connectivity index (χ3v) is 2.90. The molecule has 2 heterocycles. The van der Waals surface area contributed by atoms with Crippen LogP contribution in [0, 0.1) is 5.41 Å². The molecule has 0 aromatic carbocycles. The Morgan fingerprint density at radius 2 is 2.47 bits per heavy atom. The average Bonchev–Trinajstić information content (AvgIpc) is 2.71. The summed E-state index contributed by atoms with van der Waals surface area (Å²) in [5, 5.41) is 9.28. The third-order valence-electron chi connectivity index (χ3n) is 2.90. The maximum Gasteiger partial charge on any atom is 0.312 e. The number of hydrogen-bond acceptors (Lipinski definition) is 3. The predicted molar refractivity (Wildman–Crippen MR) is 52.5 cm³/mol. The molecule has 1 N–H and O–H groups in total. The maximum atomic E-state index is 11.3. The molecular weight excluding hydrogens is 196 g/mol. The largest absolute Gasteiger partial charge is 0.481 e. The molecule has 0 spiro atoms. The molecule has 4 nitrogen and oxygen atoms in total. The van der Waals surface area contributed by atoms with Crippen molar-refractivity contribution in [2.75, 3.05) is 13.2 Å². The Morgan fingerprint density at radius 3 is 3.00 bits per heavy atom. The second kappa shape index (κ2) is 4.06. The molecule has 0 bridgehead atoms. The van der Waals surface area contributed by atoms with Crippen molar-refractivity contribution in [1.82, 2.24) is 0 Å². The predicted octanol–water partition coefficient (Wildman–Crippen LogP) is 1.70. The van der Waals surface area contributed by atoms with E-state index in [1.165, 1.54) is 0 Å². The monoisotopic (exact) mass is 210 g/mol. The average molecular weight is 210 g/mol. The molecule has 1 aliphatic heterocycles. The first-order valence-electron chi connectivity index (χ1n) is 5.05. The van der Waals surface area contributed by atoms with Crippen molar-refractivity contribution in [1.29, 1.82) is 0 Å². The number of furan rings is 1. The number of aliphatic carboxylic acids is 1. The summed E-state index contributed by atoms with van der Waals surface area (Å²) in [5.74, 6) is -0.775. The van der Waals surface area contributed by atoms with Gasteiger partial charge in [-0.15, -0.1) is 0 Å². The van der Waals surface area contributed by atoms with Crippen LogP contribution in [-0.4, -0.2) is 24.3 Å². The lowest BCUT2D eigenvalue weighted by Gasteiger charge is -2.32. The van der Waals surface area contributed by atoms with Crippen LogP contribution in [0.15, 0.2) is 23.0 Å². The second-order valence-corrected chi connectivity index (χ2v) is 4.05. The number of hydrogen-bond donors (Lipinski definition) is 1. The fourth-order valence-corrected chi connectivity index (χ4v) is 2.02. The van der Waals surface area contributed by atoms with Gasteiger partial charge in [-0.25, -0.2) is 0 Å². The highest BCUT2D eigenvalue weighted by molar-refractivity contribution is 5.75. The molecule has 1 fully saturated rings. The van der Waals surface area contributed by atoms with Crippen LogP contribution in [0.5, 0.6) is 0 Å². The molecular formula is C11H14O4. The van der Waals surface area contributed by atoms with Crippen LogP contribution in [0.25, 0.3) is 0 Å². The molecule has 2 rings (SSSR count). The smallest absolute Gasteiger partial charge is 0.312 e. The van der Waals surface area contributed by atoms with Gasteiger partial charge in [0.25, 0.3) is 0 Å². The van der Waals surface area contributed by atoms with Gasteiger partial charge in [-0.3, -0.25) is 4.79 Å². The normalized spacial score (nSPS) is 26.4. The van der Waals surface area contributed by atoms with Crippen LogP contribution in [-0.2, 0) is 16.0 Å². The van der Waals surface area contributed by atoms with E-state index in [1.54, 1.807) is 18.6 Å². The van der Waals surface area contributed by atoms with Crippen LogP contribution in [0.4, 0.5) is 0 Å². The van der Waals surface area contributed by atoms with Crippen molar-refractivity contribution < 1.29 is 19.1 Å². The van der Waals surface area contributed by atoms with Gasteiger partial charge in [0.1, 0.15) is 0 Å². The van der Waals surface area contributed by atoms with Crippen molar-refractivity contribution in [2.24, 2.45) is 5.41 Å². The number of ether oxygens (including phenoxy) is 1. The summed E-state index contributed by atoms with van der Waals surface area (Å²) in [6, 6.07) is 1.80. The first kappa shape index (κ1) is 10.2. The molecule has 1 atom stereocenters. The van der Waals surface area contributed by atoms with Gasteiger partial charge in [0.15, 0.2) is 0 Å². The Labute approximate surface area is 87.8 Å². The molecule has 1 saturated heterocycles. The summed E-state index contributed by atoms with van der Waals surface area (Å²) >= 11 is 0. The summed E-state index contributed by atoms with van der Waals surface area (Å²) in [7, 11) is 0. The van der Waals surface area contributed by atoms with Gasteiger partial charge in [-0.1, -0.05) is 0 Å². The number of carboxylic acid groups (broad SMARTS) is 1. The van der Waals surface area contributed by atoms with Gasteiger partial charge in [-0.2, -0.15) is 0 Å². The van der Waals surface area contributed by atoms with Crippen LogP contribution in [0.1, 0.15) is 18.4 Å². The van der Waals surface area contributed by atoms with Crippen LogP contribution < -0.4 is 0 Å². The fourth-order valence-electron chi connectivity index (χ4n) is 2.02. The van der Waals surface area contributed by atoms with E-state index in [0.717, 1.165) is 12.0 Å². The van der Waals surface area contributed by atoms with Crippen molar-refractivity contribution in [3.05, 3.63) is 24.2 Å². The van der Waals surface area contributed by atoms with Gasteiger partial charge in [0.05, 0.1) is 24.5 Å². The van der Waals surface area contributed by atoms with E-state index in [1.807, 2.05) is 0 Å². The van der Waals surface area contributed by atoms with Gasteiger partial charge < -0.3 is 14.3 Å². The lowest BCUT2D eigenvalue weighted by atomic mass is 9.78. The number of carbonyl (C=O) groups is 1. The summed E-state index contributed by atoms with van der Waals surface area (Å²) < 4.78 is 10.2. The van der Waals surface area contributed by atoms with Gasteiger partial charge in [0.2, 0.25) is 0 Å². The minimum Gasteiger partial charge on any atom is -0.481 e. The first-order valence-corrected chi connectivity index (χ1v) is 5.05. The minimum atomic E-state index is -0.775. The lowest BCUT2D eigenvalue weighted by Crippen LogP contribution is -2.41. The molecule has 0 aliphatic carbocycles. The second-order valence-electron chi connectivity index (χ2n) is 4.05. The number of rotatable bonds is 3. The topological polar surface area (TPSA) is 59.7 Å². The van der Waals surface area contributed by atoms with E-state index in [2.05, 4.69) is 0 Å². The van der Waals surface area contributed by atoms with E-state index in [0.29, 0.717) is 26.1 Å². The molecule has 0 saturated carbocycles. The highest BCUT2D eigenvalue weighted by Gasteiger charge is 2.40. The number of carboxylic acids is 1. The van der Waals surface area contributed by atoms with E-state index < -0.39 is 11.4 Å². The zero-order valence-corrected chi connectivity index (χ0v) is 8.44. The molecule has 1 aromatic rings. The first-order chi connectivity index (χ1) is 7.23. The van der Waals surface area contributed by atoms with Crippen molar-refractivity contribution in [3.8, 4) is 0 Å². The van der Waals surface area contributed by atoms with Crippen LogP contribution in [0.2, 0.25) is 0 Å². The third kappa shape index (κ3) is 2.04. The van der Waals surface area contributed by atoms with Crippen molar-refractivity contribution in [3.63, 3.8) is 0 Å². The van der Waals surface area contributed by atoms with Crippen molar-refractivity contribution in [2.45, 2.75) is 19.3 Å². The summed E-state index contributed by atoms with van der Waals surface area (Å²) in [4.78, 5) is 11.3. The highest BCUT2D eigenvalue weighted by Crippen LogP contribution is 2.33. The maximum absolute atomic E-state index is 11.3.